The zero-order chi connectivity index (χ0) is 6.91. The van der Waals surface area contributed by atoms with Crippen LogP contribution in [0.3, 0.4) is 0 Å². The number of hydrogen-bond donors (Lipinski definition) is 0. The van der Waals surface area contributed by atoms with Crippen molar-refractivity contribution in [2.45, 2.75) is 19.4 Å². The molecule has 1 saturated heterocycles. The summed E-state index contributed by atoms with van der Waals surface area (Å²) < 4.78 is 7.14. The van der Waals surface area contributed by atoms with Gasteiger partial charge in [0.2, 0.25) is 0 Å². The number of nitrogens with zero attached hydrogens (tertiary/aromatic N) is 1. The molecule has 0 aromatic heterocycles. The Kier molecular flexibility index (Phi) is 1.99. The molecule has 1 fully saturated rings. The van der Waals surface area contributed by atoms with Crippen molar-refractivity contribution in [2.24, 2.45) is 0 Å². The van der Waals surface area contributed by atoms with Crippen molar-refractivity contribution in [1.82, 2.24) is 4.42 Å². The average molecular weight is 150 g/mol. The maximum atomic E-state index is 5.62. The van der Waals surface area contributed by atoms with Crippen LogP contribution in [-0.2, 0) is 4.74 Å². The van der Waals surface area contributed by atoms with E-state index in [-0.39, 0.29) is 5.60 Å². The summed E-state index contributed by atoms with van der Waals surface area (Å²) in [5.74, 6) is 0. The topological polar surface area (TPSA) is 12.5 Å². The Balaban J connectivity index is 2.23. The van der Waals surface area contributed by atoms with E-state index in [1.165, 1.54) is 0 Å². The van der Waals surface area contributed by atoms with E-state index >= 15 is 0 Å². The Hall–Kier alpha value is 0.210. The Morgan fingerprint density at radius 3 is 2.56 bits per heavy atom. The first kappa shape index (κ1) is 7.32. The molecular formula is C6H12ClNO. The molecule has 0 spiro atoms. The second-order valence-electron chi connectivity index (χ2n) is 2.66. The number of hydrogen-bond acceptors (Lipinski definition) is 2. The molecule has 0 bridgehead atoms. The maximum absolute atomic E-state index is 5.62. The van der Waals surface area contributed by atoms with Gasteiger partial charge in [-0.2, -0.15) is 0 Å². The van der Waals surface area contributed by atoms with E-state index in [4.69, 9.17) is 16.5 Å². The fraction of sp³-hybridized carbons (Fsp3) is 1.00. The SMILES string of the molecule is CCOC1(C)CN(Cl)C1. The Morgan fingerprint density at radius 2 is 2.22 bits per heavy atom. The molecule has 0 aromatic rings. The molecule has 1 rings (SSSR count). The van der Waals surface area contributed by atoms with Crippen molar-refractivity contribution in [2.75, 3.05) is 19.7 Å². The molecule has 0 atom stereocenters. The Morgan fingerprint density at radius 1 is 1.67 bits per heavy atom. The molecule has 0 saturated carbocycles. The summed E-state index contributed by atoms with van der Waals surface area (Å²) in [4.78, 5) is 0. The molecular weight excluding hydrogens is 138 g/mol. The summed E-state index contributed by atoms with van der Waals surface area (Å²) in [6, 6.07) is 0. The summed E-state index contributed by atoms with van der Waals surface area (Å²) in [5.41, 5.74) is 0.0382. The largest absolute Gasteiger partial charge is 0.373 e. The van der Waals surface area contributed by atoms with E-state index < -0.39 is 0 Å². The van der Waals surface area contributed by atoms with Gasteiger partial charge < -0.3 is 4.74 Å². The van der Waals surface area contributed by atoms with Crippen molar-refractivity contribution < 1.29 is 4.74 Å². The Labute approximate surface area is 60.8 Å². The Bertz CT molecular complexity index is 95.7. The second-order valence-corrected chi connectivity index (χ2v) is 3.14. The van der Waals surface area contributed by atoms with Crippen molar-refractivity contribution in [3.63, 3.8) is 0 Å². The number of rotatable bonds is 2. The summed E-state index contributed by atoms with van der Waals surface area (Å²) in [7, 11) is 0. The van der Waals surface area contributed by atoms with Gasteiger partial charge >= 0.3 is 0 Å². The highest BCUT2D eigenvalue weighted by Crippen LogP contribution is 2.25. The molecule has 9 heavy (non-hydrogen) atoms. The third-order valence-corrected chi connectivity index (χ3v) is 1.74. The van der Waals surface area contributed by atoms with E-state index in [0.29, 0.717) is 0 Å². The number of halogens is 1. The molecule has 0 unspecified atom stereocenters. The highest BCUT2D eigenvalue weighted by molar-refractivity contribution is 6.14. The van der Waals surface area contributed by atoms with Crippen LogP contribution in [0.4, 0.5) is 0 Å². The summed E-state index contributed by atoms with van der Waals surface area (Å²) in [6.07, 6.45) is 0. The second kappa shape index (κ2) is 2.45. The lowest BCUT2D eigenvalue weighted by atomic mass is 10.0. The lowest BCUT2D eigenvalue weighted by Gasteiger charge is -2.43. The van der Waals surface area contributed by atoms with Crippen LogP contribution >= 0.6 is 11.8 Å². The first-order chi connectivity index (χ1) is 4.16. The van der Waals surface area contributed by atoms with Gasteiger partial charge in [-0.1, -0.05) is 0 Å². The van der Waals surface area contributed by atoms with E-state index in [0.717, 1.165) is 19.7 Å². The maximum Gasteiger partial charge on any atom is 0.0933 e. The monoisotopic (exact) mass is 149 g/mol. The van der Waals surface area contributed by atoms with Crippen LogP contribution in [0.25, 0.3) is 0 Å². The van der Waals surface area contributed by atoms with Crippen LogP contribution in [0.5, 0.6) is 0 Å². The van der Waals surface area contributed by atoms with Gasteiger partial charge in [-0.15, -0.1) is 0 Å². The van der Waals surface area contributed by atoms with Gasteiger partial charge in [0, 0.05) is 19.7 Å². The van der Waals surface area contributed by atoms with Crippen LogP contribution in [-0.4, -0.2) is 29.7 Å². The van der Waals surface area contributed by atoms with Crippen LogP contribution < -0.4 is 0 Å². The molecule has 1 aliphatic heterocycles. The van der Waals surface area contributed by atoms with Crippen molar-refractivity contribution >= 4 is 11.8 Å². The molecule has 0 aromatic carbocycles. The van der Waals surface area contributed by atoms with Gasteiger partial charge in [-0.05, 0) is 25.6 Å². The minimum Gasteiger partial charge on any atom is -0.373 e. The average Bonchev–Trinajstić information content (AvgIpc) is 1.62. The van der Waals surface area contributed by atoms with Crippen LogP contribution in [0.1, 0.15) is 13.8 Å². The van der Waals surface area contributed by atoms with Gasteiger partial charge in [0.25, 0.3) is 0 Å². The molecule has 0 N–H and O–H groups in total. The van der Waals surface area contributed by atoms with E-state index in [9.17, 15) is 0 Å². The standard InChI is InChI=1S/C6H12ClNO/c1-3-9-6(2)4-8(7)5-6/h3-5H2,1-2H3. The van der Waals surface area contributed by atoms with Gasteiger partial charge in [0.15, 0.2) is 0 Å². The lowest BCUT2D eigenvalue weighted by molar-refractivity contribution is -0.0976. The third kappa shape index (κ3) is 1.57. The van der Waals surface area contributed by atoms with Gasteiger partial charge in [-0.25, -0.2) is 4.42 Å². The van der Waals surface area contributed by atoms with Crippen LogP contribution in [0, 0.1) is 0 Å². The molecule has 1 heterocycles. The van der Waals surface area contributed by atoms with Crippen LogP contribution in [0.15, 0.2) is 0 Å². The fourth-order valence-electron chi connectivity index (χ4n) is 1.12. The molecule has 1 aliphatic rings. The van der Waals surface area contributed by atoms with Gasteiger partial charge in [-0.3, -0.25) is 0 Å². The summed E-state index contributed by atoms with van der Waals surface area (Å²) in [5, 5.41) is 0. The lowest BCUT2D eigenvalue weighted by Crippen LogP contribution is -2.57. The first-order valence-corrected chi connectivity index (χ1v) is 3.55. The zero-order valence-electron chi connectivity index (χ0n) is 5.85. The van der Waals surface area contributed by atoms with Crippen LogP contribution in [0.2, 0.25) is 0 Å². The smallest absolute Gasteiger partial charge is 0.0933 e. The minimum atomic E-state index is 0.0382. The van der Waals surface area contributed by atoms with Crippen molar-refractivity contribution in [3.05, 3.63) is 0 Å². The molecule has 0 radical (unpaired) electrons. The predicted molar refractivity (Wildman–Crippen MR) is 37.5 cm³/mol. The normalized spacial score (nSPS) is 25.7. The van der Waals surface area contributed by atoms with Crippen molar-refractivity contribution in [1.29, 1.82) is 0 Å². The molecule has 0 amide bonds. The van der Waals surface area contributed by atoms with Gasteiger partial charge in [0.05, 0.1) is 5.60 Å². The summed E-state index contributed by atoms with van der Waals surface area (Å²) in [6.45, 7) is 6.56. The van der Waals surface area contributed by atoms with Gasteiger partial charge in [0.1, 0.15) is 0 Å². The molecule has 3 heteroatoms. The summed E-state index contributed by atoms with van der Waals surface area (Å²) >= 11 is 5.62. The van der Waals surface area contributed by atoms with Crippen molar-refractivity contribution in [3.8, 4) is 0 Å². The predicted octanol–water partition coefficient (Wildman–Crippen LogP) is 1.25. The third-order valence-electron chi connectivity index (χ3n) is 1.50. The molecule has 0 aliphatic carbocycles. The van der Waals surface area contributed by atoms with E-state index in [2.05, 4.69) is 6.92 Å². The van der Waals surface area contributed by atoms with E-state index in [1.807, 2.05) is 6.92 Å². The molecule has 54 valence electrons. The molecule has 2 nitrogen and oxygen atoms in total. The van der Waals surface area contributed by atoms with E-state index in [1.54, 1.807) is 4.42 Å². The fourth-order valence-corrected chi connectivity index (χ4v) is 1.62. The minimum absolute atomic E-state index is 0.0382. The highest BCUT2D eigenvalue weighted by atomic mass is 35.5. The quantitative estimate of drug-likeness (QED) is 0.548. The highest BCUT2D eigenvalue weighted by Gasteiger charge is 2.38. The first-order valence-electron chi connectivity index (χ1n) is 3.21. The zero-order valence-corrected chi connectivity index (χ0v) is 6.61. The number of ether oxygens (including phenoxy) is 1.